The topological polar surface area (TPSA) is 66.8 Å². The summed E-state index contributed by atoms with van der Waals surface area (Å²) in [6.45, 7) is 2.21. The normalized spacial score (nSPS) is 13.2. The van der Waals surface area contributed by atoms with Gasteiger partial charge < -0.3 is 14.9 Å². The quantitative estimate of drug-likeness (QED) is 0.220. The highest BCUT2D eigenvalue weighted by Gasteiger charge is 2.21. The van der Waals surface area contributed by atoms with Crippen molar-refractivity contribution in [1.82, 2.24) is 0 Å². The summed E-state index contributed by atoms with van der Waals surface area (Å²) in [5.74, 6) is -0.175. The third-order valence-electron chi connectivity index (χ3n) is 5.33. The zero-order valence-corrected chi connectivity index (χ0v) is 19.8. The molecule has 172 valence electrons. The number of carbonyl (C=O) groups is 1. The zero-order chi connectivity index (χ0) is 22.2. The Bertz CT molecular complexity index is 595. The number of unbranched alkanes of at least 4 members (excludes halogenated alkanes) is 9. The largest absolute Gasteiger partial charge is 0.486 e. The number of halogens is 2. The third-order valence-corrected chi connectivity index (χ3v) is 5.86. The lowest BCUT2D eigenvalue weighted by Crippen LogP contribution is -2.32. The first-order valence-electron chi connectivity index (χ1n) is 11.5. The van der Waals surface area contributed by atoms with Crippen LogP contribution in [0.2, 0.25) is 10.0 Å². The maximum absolute atomic E-state index is 10.8. The molecule has 1 aromatic carbocycles. The van der Waals surface area contributed by atoms with E-state index >= 15 is 0 Å². The van der Waals surface area contributed by atoms with Crippen LogP contribution >= 0.6 is 23.2 Å². The molecular formula is C24H38Cl2O4. The molecule has 0 aliphatic heterocycles. The first-order chi connectivity index (χ1) is 14.4. The van der Waals surface area contributed by atoms with Crippen LogP contribution in [0, 0.1) is 0 Å². The Kier molecular flexibility index (Phi) is 15.1. The van der Waals surface area contributed by atoms with Crippen molar-refractivity contribution in [2.24, 2.45) is 0 Å². The second kappa shape index (κ2) is 16.7. The van der Waals surface area contributed by atoms with E-state index in [1.165, 1.54) is 25.7 Å². The molecule has 0 aliphatic carbocycles. The number of hydrogen-bond acceptors (Lipinski definition) is 3. The number of carboxylic acids is 1. The van der Waals surface area contributed by atoms with E-state index < -0.39 is 12.1 Å². The number of benzene rings is 1. The van der Waals surface area contributed by atoms with Gasteiger partial charge in [-0.05, 0) is 43.9 Å². The number of hydrogen-bond donors (Lipinski definition) is 2. The van der Waals surface area contributed by atoms with E-state index in [2.05, 4.69) is 6.92 Å². The van der Waals surface area contributed by atoms with Crippen LogP contribution in [0.5, 0.6) is 5.75 Å². The van der Waals surface area contributed by atoms with Crippen molar-refractivity contribution in [2.75, 3.05) is 0 Å². The molecular weight excluding hydrogens is 423 g/mol. The lowest BCUT2D eigenvalue weighted by Gasteiger charge is -2.25. The second-order valence-corrected chi connectivity index (χ2v) is 8.90. The van der Waals surface area contributed by atoms with E-state index in [9.17, 15) is 9.90 Å². The predicted molar refractivity (Wildman–Crippen MR) is 125 cm³/mol. The van der Waals surface area contributed by atoms with Gasteiger partial charge in [-0.2, -0.15) is 0 Å². The summed E-state index contributed by atoms with van der Waals surface area (Å²) in [5.41, 5.74) is 0. The smallest absolute Gasteiger partial charge is 0.303 e. The highest BCUT2D eigenvalue weighted by molar-refractivity contribution is 6.35. The molecule has 0 radical (unpaired) electrons. The van der Waals surface area contributed by atoms with E-state index in [4.69, 9.17) is 33.0 Å². The molecule has 2 N–H and O–H groups in total. The lowest BCUT2D eigenvalue weighted by molar-refractivity contribution is -0.137. The summed E-state index contributed by atoms with van der Waals surface area (Å²) in [7, 11) is 0. The summed E-state index contributed by atoms with van der Waals surface area (Å²) in [6, 6.07) is 5.16. The fourth-order valence-electron chi connectivity index (χ4n) is 3.54. The van der Waals surface area contributed by atoms with E-state index in [0.717, 1.165) is 51.4 Å². The molecule has 0 heterocycles. The minimum absolute atomic E-state index is 0.235. The van der Waals surface area contributed by atoms with Crippen LogP contribution in [0.15, 0.2) is 18.2 Å². The predicted octanol–water partition coefficient (Wildman–Crippen LogP) is 7.67. The molecule has 2 unspecified atom stereocenters. The summed E-state index contributed by atoms with van der Waals surface area (Å²) in [5, 5.41) is 20.5. The first kappa shape index (κ1) is 27.1. The molecule has 30 heavy (non-hydrogen) atoms. The van der Waals surface area contributed by atoms with E-state index in [1.807, 2.05) is 0 Å². The monoisotopic (exact) mass is 460 g/mol. The summed E-state index contributed by atoms with van der Waals surface area (Å²) < 4.78 is 6.11. The highest BCUT2D eigenvalue weighted by Crippen LogP contribution is 2.30. The number of rotatable bonds is 18. The van der Waals surface area contributed by atoms with Gasteiger partial charge >= 0.3 is 5.97 Å². The van der Waals surface area contributed by atoms with Gasteiger partial charge in [-0.1, -0.05) is 87.9 Å². The standard InChI is InChI=1S/C24H38Cl2O4/c1-2-3-4-5-8-11-14-23(30-22-17-16-19(25)18-20(22)26)21(27)13-10-7-6-9-12-15-24(28)29/h16-18,21,23,27H,2-15H2,1H3,(H,28,29). The van der Waals surface area contributed by atoms with E-state index in [1.54, 1.807) is 18.2 Å². The first-order valence-corrected chi connectivity index (χ1v) is 12.2. The number of carboxylic acid groups (broad SMARTS) is 1. The Morgan fingerprint density at radius 2 is 1.53 bits per heavy atom. The van der Waals surface area contributed by atoms with Crippen molar-refractivity contribution in [2.45, 2.75) is 109 Å². The minimum atomic E-state index is -0.735. The summed E-state index contributed by atoms with van der Waals surface area (Å²) >= 11 is 12.2. The van der Waals surface area contributed by atoms with Gasteiger partial charge in [-0.15, -0.1) is 0 Å². The van der Waals surface area contributed by atoms with Gasteiger partial charge in [0.05, 0.1) is 11.1 Å². The molecule has 0 saturated heterocycles. The second-order valence-electron chi connectivity index (χ2n) is 8.06. The Hall–Kier alpha value is -0.970. The summed E-state index contributed by atoms with van der Waals surface area (Å²) in [4.78, 5) is 10.5. The van der Waals surface area contributed by atoms with E-state index in [-0.39, 0.29) is 12.5 Å². The maximum Gasteiger partial charge on any atom is 0.303 e. The van der Waals surface area contributed by atoms with E-state index in [0.29, 0.717) is 22.2 Å². The van der Waals surface area contributed by atoms with Crippen molar-refractivity contribution in [3.63, 3.8) is 0 Å². The van der Waals surface area contributed by atoms with Gasteiger partial charge in [0.25, 0.3) is 0 Å². The average molecular weight is 461 g/mol. The van der Waals surface area contributed by atoms with Gasteiger partial charge in [0, 0.05) is 11.4 Å². The number of ether oxygens (including phenoxy) is 1. The van der Waals surface area contributed by atoms with Gasteiger partial charge in [-0.3, -0.25) is 4.79 Å². The van der Waals surface area contributed by atoms with Crippen LogP contribution in [0.4, 0.5) is 0 Å². The highest BCUT2D eigenvalue weighted by atomic mass is 35.5. The lowest BCUT2D eigenvalue weighted by atomic mass is 9.99. The Labute approximate surface area is 191 Å². The molecule has 0 bridgehead atoms. The van der Waals surface area contributed by atoms with Gasteiger partial charge in [0.1, 0.15) is 11.9 Å². The Morgan fingerprint density at radius 1 is 0.933 bits per heavy atom. The van der Waals surface area contributed by atoms with Crippen LogP contribution in [0.1, 0.15) is 96.8 Å². The van der Waals surface area contributed by atoms with Crippen LogP contribution < -0.4 is 4.74 Å². The molecule has 4 nitrogen and oxygen atoms in total. The SMILES string of the molecule is CCCCCCCCC(Oc1ccc(Cl)cc1Cl)C(O)CCCCCCCC(=O)O. The molecule has 6 heteroatoms. The molecule has 1 rings (SSSR count). The molecule has 0 aliphatic rings. The van der Waals surface area contributed by atoms with Crippen LogP contribution in [-0.2, 0) is 4.79 Å². The zero-order valence-electron chi connectivity index (χ0n) is 18.3. The average Bonchev–Trinajstić information content (AvgIpc) is 2.70. The molecule has 1 aromatic rings. The van der Waals surface area contributed by atoms with Crippen LogP contribution in [0.3, 0.4) is 0 Å². The van der Waals surface area contributed by atoms with Crippen LogP contribution in [-0.4, -0.2) is 28.4 Å². The number of aliphatic hydroxyl groups is 1. The molecule has 2 atom stereocenters. The molecule has 0 amide bonds. The van der Waals surface area contributed by atoms with Crippen molar-refractivity contribution < 1.29 is 19.7 Å². The molecule has 0 fully saturated rings. The van der Waals surface area contributed by atoms with Crippen molar-refractivity contribution in [3.8, 4) is 5.75 Å². The van der Waals surface area contributed by atoms with Crippen molar-refractivity contribution in [1.29, 1.82) is 0 Å². The number of aliphatic hydroxyl groups excluding tert-OH is 1. The third kappa shape index (κ3) is 12.7. The molecule has 0 spiro atoms. The van der Waals surface area contributed by atoms with Gasteiger partial charge in [0.2, 0.25) is 0 Å². The minimum Gasteiger partial charge on any atom is -0.486 e. The van der Waals surface area contributed by atoms with Crippen molar-refractivity contribution >= 4 is 29.2 Å². The van der Waals surface area contributed by atoms with Gasteiger partial charge in [0.15, 0.2) is 0 Å². The van der Waals surface area contributed by atoms with Crippen molar-refractivity contribution in [3.05, 3.63) is 28.2 Å². The fourth-order valence-corrected chi connectivity index (χ4v) is 3.99. The summed E-state index contributed by atoms with van der Waals surface area (Å²) in [6.07, 6.45) is 12.5. The van der Waals surface area contributed by atoms with Gasteiger partial charge in [-0.25, -0.2) is 0 Å². The Morgan fingerprint density at radius 3 is 2.17 bits per heavy atom. The fraction of sp³-hybridized carbons (Fsp3) is 0.708. The number of aliphatic carboxylic acids is 1. The van der Waals surface area contributed by atoms with Crippen LogP contribution in [0.25, 0.3) is 0 Å². The molecule has 0 aromatic heterocycles. The maximum atomic E-state index is 10.8. The molecule has 0 saturated carbocycles. The Balaban J connectivity index is 2.46.